The monoisotopic (exact) mass is 308 g/mol. The molecule has 2 heterocycles. The van der Waals surface area contributed by atoms with Crippen molar-refractivity contribution >= 4 is 27.5 Å². The first kappa shape index (κ1) is 16.0. The standard InChI is InChI=1S/C15H24N4OS/c1-9(2)12(16)6-7-18(4)14(20)13-8-11-10(3)17-19(5)15(11)21-13/h8-9,12H,6-7,16H2,1-5H3. The van der Waals surface area contributed by atoms with Crippen LogP contribution in [0.5, 0.6) is 0 Å². The molecule has 0 radical (unpaired) electrons. The maximum atomic E-state index is 12.5. The summed E-state index contributed by atoms with van der Waals surface area (Å²) in [5, 5.41) is 5.43. The number of carbonyl (C=O) groups excluding carboxylic acids is 1. The van der Waals surface area contributed by atoms with Crippen molar-refractivity contribution in [1.29, 1.82) is 0 Å². The lowest BCUT2D eigenvalue weighted by molar-refractivity contribution is 0.0794. The lowest BCUT2D eigenvalue weighted by Gasteiger charge is -2.21. The normalized spacial score (nSPS) is 13.1. The minimum atomic E-state index is 0.0616. The van der Waals surface area contributed by atoms with E-state index >= 15 is 0 Å². The molecule has 1 unspecified atom stereocenters. The molecule has 2 aromatic heterocycles. The van der Waals surface area contributed by atoms with Gasteiger partial charge >= 0.3 is 0 Å². The van der Waals surface area contributed by atoms with Crippen LogP contribution < -0.4 is 5.73 Å². The zero-order valence-electron chi connectivity index (χ0n) is 13.4. The maximum Gasteiger partial charge on any atom is 0.263 e. The second-order valence-corrected chi connectivity index (χ2v) is 6.99. The Hall–Kier alpha value is -1.40. The van der Waals surface area contributed by atoms with Crippen LogP contribution in [0.25, 0.3) is 10.2 Å². The van der Waals surface area contributed by atoms with Crippen molar-refractivity contribution in [2.24, 2.45) is 18.7 Å². The van der Waals surface area contributed by atoms with Gasteiger partial charge in [-0.25, -0.2) is 0 Å². The number of rotatable bonds is 5. The molecule has 1 atom stereocenters. The van der Waals surface area contributed by atoms with Crippen LogP contribution in [0.1, 0.15) is 35.6 Å². The van der Waals surface area contributed by atoms with Gasteiger partial charge in [0.2, 0.25) is 0 Å². The molecule has 21 heavy (non-hydrogen) atoms. The summed E-state index contributed by atoms with van der Waals surface area (Å²) in [6, 6.07) is 2.08. The SMILES string of the molecule is Cc1nn(C)c2sc(C(=O)N(C)CCC(N)C(C)C)cc12. The lowest BCUT2D eigenvalue weighted by Crippen LogP contribution is -2.34. The van der Waals surface area contributed by atoms with Gasteiger partial charge in [0, 0.05) is 32.1 Å². The first-order valence-corrected chi connectivity index (χ1v) is 8.07. The largest absolute Gasteiger partial charge is 0.341 e. The minimum Gasteiger partial charge on any atom is -0.341 e. The molecular weight excluding hydrogens is 284 g/mol. The average molecular weight is 308 g/mol. The second kappa shape index (κ2) is 6.15. The summed E-state index contributed by atoms with van der Waals surface area (Å²) in [6.07, 6.45) is 0.825. The van der Waals surface area contributed by atoms with Gasteiger partial charge in [-0.1, -0.05) is 13.8 Å². The second-order valence-electron chi connectivity index (χ2n) is 5.96. The smallest absolute Gasteiger partial charge is 0.263 e. The number of carbonyl (C=O) groups is 1. The van der Waals surface area contributed by atoms with E-state index in [9.17, 15) is 4.79 Å². The Morgan fingerprint density at radius 3 is 2.76 bits per heavy atom. The zero-order chi connectivity index (χ0) is 15.7. The minimum absolute atomic E-state index is 0.0616. The van der Waals surface area contributed by atoms with Crippen molar-refractivity contribution in [3.63, 3.8) is 0 Å². The van der Waals surface area contributed by atoms with E-state index in [-0.39, 0.29) is 11.9 Å². The number of hydrogen-bond acceptors (Lipinski definition) is 4. The van der Waals surface area contributed by atoms with Gasteiger partial charge in [-0.3, -0.25) is 9.48 Å². The van der Waals surface area contributed by atoms with E-state index in [1.165, 1.54) is 11.3 Å². The summed E-state index contributed by atoms with van der Waals surface area (Å²) in [6.45, 7) is 6.86. The first-order valence-electron chi connectivity index (χ1n) is 7.25. The number of nitrogens with zero attached hydrogens (tertiary/aromatic N) is 3. The van der Waals surface area contributed by atoms with Gasteiger partial charge < -0.3 is 10.6 Å². The molecule has 2 N–H and O–H groups in total. The summed E-state index contributed by atoms with van der Waals surface area (Å²) >= 11 is 1.50. The fourth-order valence-electron chi connectivity index (χ4n) is 2.28. The topological polar surface area (TPSA) is 64.2 Å². The van der Waals surface area contributed by atoms with Crippen LogP contribution >= 0.6 is 11.3 Å². The molecule has 0 aliphatic rings. The van der Waals surface area contributed by atoms with Crippen molar-refractivity contribution in [2.75, 3.05) is 13.6 Å². The first-order chi connectivity index (χ1) is 9.81. The van der Waals surface area contributed by atoms with Gasteiger partial charge in [-0.05, 0) is 25.3 Å². The van der Waals surface area contributed by atoms with Gasteiger partial charge in [0.15, 0.2) is 0 Å². The summed E-state index contributed by atoms with van der Waals surface area (Å²) < 4.78 is 1.83. The molecule has 116 valence electrons. The number of aromatic nitrogens is 2. The van der Waals surface area contributed by atoms with Gasteiger partial charge in [-0.15, -0.1) is 11.3 Å². The number of amides is 1. The van der Waals surface area contributed by atoms with Crippen LogP contribution in [0, 0.1) is 12.8 Å². The van der Waals surface area contributed by atoms with Crippen LogP contribution in [0.3, 0.4) is 0 Å². The molecule has 0 bridgehead atoms. The molecule has 0 aromatic carbocycles. The summed E-state index contributed by atoms with van der Waals surface area (Å²) in [5.74, 6) is 0.498. The van der Waals surface area contributed by atoms with Crippen molar-refractivity contribution in [1.82, 2.24) is 14.7 Å². The van der Waals surface area contributed by atoms with E-state index in [4.69, 9.17) is 5.73 Å². The van der Waals surface area contributed by atoms with Gasteiger partial charge in [0.05, 0.1) is 10.6 Å². The Bertz CT molecular complexity index is 609. The number of fused-ring (bicyclic) bond motifs is 1. The van der Waals surface area contributed by atoms with E-state index in [0.717, 1.165) is 27.2 Å². The quantitative estimate of drug-likeness (QED) is 0.922. The van der Waals surface area contributed by atoms with Gasteiger partial charge in [0.1, 0.15) is 4.83 Å². The van der Waals surface area contributed by atoms with Crippen molar-refractivity contribution in [3.05, 3.63) is 16.6 Å². The van der Waals surface area contributed by atoms with E-state index < -0.39 is 0 Å². The Kier molecular flexibility index (Phi) is 4.68. The Labute approximate surface area is 129 Å². The van der Waals surface area contributed by atoms with Crippen LogP contribution in [0.15, 0.2) is 6.07 Å². The molecule has 1 amide bonds. The Balaban J connectivity index is 2.09. The van der Waals surface area contributed by atoms with Crippen molar-refractivity contribution < 1.29 is 4.79 Å². The van der Waals surface area contributed by atoms with Crippen LogP contribution in [0.2, 0.25) is 0 Å². The van der Waals surface area contributed by atoms with Crippen molar-refractivity contribution in [2.45, 2.75) is 33.2 Å². The number of aryl methyl sites for hydroxylation is 2. The Morgan fingerprint density at radius 2 is 2.19 bits per heavy atom. The zero-order valence-corrected chi connectivity index (χ0v) is 14.2. The molecule has 0 fully saturated rings. The third-order valence-corrected chi connectivity index (χ3v) is 5.10. The van der Waals surface area contributed by atoms with E-state index in [1.807, 2.05) is 31.8 Å². The van der Waals surface area contributed by atoms with E-state index in [0.29, 0.717) is 12.5 Å². The fourth-order valence-corrected chi connectivity index (χ4v) is 3.39. The highest BCUT2D eigenvalue weighted by Crippen LogP contribution is 2.28. The maximum absolute atomic E-state index is 12.5. The summed E-state index contributed by atoms with van der Waals surface area (Å²) in [7, 11) is 3.75. The molecule has 0 aliphatic heterocycles. The van der Waals surface area contributed by atoms with Gasteiger partial charge in [0.25, 0.3) is 5.91 Å². The summed E-state index contributed by atoms with van der Waals surface area (Å²) in [4.78, 5) is 16.1. The predicted molar refractivity (Wildman–Crippen MR) is 87.7 cm³/mol. The Morgan fingerprint density at radius 1 is 1.52 bits per heavy atom. The fraction of sp³-hybridized carbons (Fsp3) is 0.600. The highest BCUT2D eigenvalue weighted by atomic mass is 32.1. The van der Waals surface area contributed by atoms with E-state index in [1.54, 1.807) is 4.90 Å². The lowest BCUT2D eigenvalue weighted by atomic mass is 10.0. The van der Waals surface area contributed by atoms with Crippen LogP contribution in [-0.2, 0) is 7.05 Å². The predicted octanol–water partition coefficient (Wildman–Crippen LogP) is 2.39. The van der Waals surface area contributed by atoms with Crippen molar-refractivity contribution in [3.8, 4) is 0 Å². The molecule has 5 nitrogen and oxygen atoms in total. The number of nitrogens with two attached hydrogens (primary N) is 1. The third-order valence-electron chi connectivity index (χ3n) is 3.91. The molecule has 0 saturated heterocycles. The molecule has 0 saturated carbocycles. The number of hydrogen-bond donors (Lipinski definition) is 1. The van der Waals surface area contributed by atoms with E-state index in [2.05, 4.69) is 18.9 Å². The molecular formula is C15H24N4OS. The molecule has 0 spiro atoms. The van der Waals surface area contributed by atoms with Crippen LogP contribution in [-0.4, -0.2) is 40.2 Å². The molecule has 2 aromatic rings. The molecule has 2 rings (SSSR count). The van der Waals surface area contributed by atoms with Gasteiger partial charge in [-0.2, -0.15) is 5.10 Å². The third kappa shape index (κ3) is 3.27. The molecule has 6 heteroatoms. The number of thiophene rings is 1. The molecule has 0 aliphatic carbocycles. The summed E-state index contributed by atoms with van der Waals surface area (Å²) in [5.41, 5.74) is 7.01. The average Bonchev–Trinajstić information content (AvgIpc) is 2.97. The highest BCUT2D eigenvalue weighted by Gasteiger charge is 2.19. The van der Waals surface area contributed by atoms with Crippen LogP contribution in [0.4, 0.5) is 0 Å². The highest BCUT2D eigenvalue weighted by molar-refractivity contribution is 7.20.